The summed E-state index contributed by atoms with van der Waals surface area (Å²) >= 11 is 1.60. The minimum absolute atomic E-state index is 0.0342. The summed E-state index contributed by atoms with van der Waals surface area (Å²) in [7, 11) is 0. The highest BCUT2D eigenvalue weighted by Gasteiger charge is 2.21. The smallest absolute Gasteiger partial charge is 0.254 e. The van der Waals surface area contributed by atoms with Gasteiger partial charge in [0.25, 0.3) is 5.56 Å². The van der Waals surface area contributed by atoms with E-state index < -0.39 is 0 Å². The van der Waals surface area contributed by atoms with Gasteiger partial charge in [-0.05, 0) is 36.8 Å². The standard InChI is InChI=1S/C16H21N3OS/c1-11(2)5-7-19-8-6-12-13(10-19)17-15(18-16(12)20)14-4-3-9-21-14/h3-4,9,11H,5-8,10H2,1-2H3,(H,17,18,20). The van der Waals surface area contributed by atoms with Crippen molar-refractivity contribution in [2.24, 2.45) is 5.92 Å². The lowest BCUT2D eigenvalue weighted by atomic mass is 10.0. The molecule has 0 bridgehead atoms. The van der Waals surface area contributed by atoms with Gasteiger partial charge in [-0.1, -0.05) is 19.9 Å². The molecule has 4 nitrogen and oxygen atoms in total. The SMILES string of the molecule is CC(C)CCN1CCc2c(nc(-c3cccs3)[nH]c2=O)C1. The fourth-order valence-electron chi connectivity index (χ4n) is 2.66. The number of hydrogen-bond donors (Lipinski definition) is 1. The predicted molar refractivity (Wildman–Crippen MR) is 86.6 cm³/mol. The summed E-state index contributed by atoms with van der Waals surface area (Å²) in [5.41, 5.74) is 1.86. The molecule has 0 saturated heterocycles. The first-order valence-electron chi connectivity index (χ1n) is 7.52. The number of aromatic amines is 1. The average molecular weight is 303 g/mol. The molecule has 0 radical (unpaired) electrons. The first-order valence-corrected chi connectivity index (χ1v) is 8.39. The monoisotopic (exact) mass is 303 g/mol. The van der Waals surface area contributed by atoms with Crippen molar-refractivity contribution in [3.05, 3.63) is 39.1 Å². The largest absolute Gasteiger partial charge is 0.306 e. The van der Waals surface area contributed by atoms with Gasteiger partial charge in [0.1, 0.15) is 0 Å². The van der Waals surface area contributed by atoms with Gasteiger partial charge in [-0.25, -0.2) is 4.98 Å². The second kappa shape index (κ2) is 6.12. The third-order valence-corrected chi connectivity index (χ3v) is 4.81. The Morgan fingerprint density at radius 2 is 2.33 bits per heavy atom. The summed E-state index contributed by atoms with van der Waals surface area (Å²) in [6.45, 7) is 7.33. The second-order valence-corrected chi connectivity index (χ2v) is 6.97. The quantitative estimate of drug-likeness (QED) is 0.945. The molecular weight excluding hydrogens is 282 g/mol. The fourth-order valence-corrected chi connectivity index (χ4v) is 3.32. The Labute approximate surface area is 128 Å². The maximum atomic E-state index is 12.2. The molecule has 2 aromatic rings. The van der Waals surface area contributed by atoms with E-state index in [1.165, 1.54) is 6.42 Å². The maximum absolute atomic E-state index is 12.2. The Hall–Kier alpha value is -1.46. The molecule has 0 saturated carbocycles. The minimum atomic E-state index is 0.0342. The highest BCUT2D eigenvalue weighted by molar-refractivity contribution is 7.13. The lowest BCUT2D eigenvalue weighted by Crippen LogP contribution is -2.36. The molecule has 1 N–H and O–H groups in total. The van der Waals surface area contributed by atoms with E-state index in [0.29, 0.717) is 11.7 Å². The summed E-state index contributed by atoms with van der Waals surface area (Å²) in [5, 5.41) is 2.00. The zero-order chi connectivity index (χ0) is 14.8. The van der Waals surface area contributed by atoms with Crippen LogP contribution in [0.4, 0.5) is 0 Å². The van der Waals surface area contributed by atoms with Crippen LogP contribution in [0, 0.1) is 5.92 Å². The normalized spacial score (nSPS) is 15.4. The molecule has 2 aromatic heterocycles. The van der Waals surface area contributed by atoms with Crippen LogP contribution in [0.15, 0.2) is 22.3 Å². The van der Waals surface area contributed by atoms with Crippen LogP contribution in [-0.4, -0.2) is 28.0 Å². The highest BCUT2D eigenvalue weighted by atomic mass is 32.1. The molecular formula is C16H21N3OS. The Bertz CT molecular complexity index is 661. The summed E-state index contributed by atoms with van der Waals surface area (Å²) in [5.74, 6) is 1.42. The van der Waals surface area contributed by atoms with E-state index in [9.17, 15) is 4.79 Å². The third kappa shape index (κ3) is 3.24. The van der Waals surface area contributed by atoms with E-state index in [1.54, 1.807) is 11.3 Å². The molecule has 1 aliphatic rings. The van der Waals surface area contributed by atoms with Crippen molar-refractivity contribution in [2.75, 3.05) is 13.1 Å². The summed E-state index contributed by atoms with van der Waals surface area (Å²) in [6, 6.07) is 3.98. The number of H-pyrrole nitrogens is 1. The number of nitrogens with zero attached hydrogens (tertiary/aromatic N) is 2. The van der Waals surface area contributed by atoms with E-state index in [4.69, 9.17) is 4.98 Å². The lowest BCUT2D eigenvalue weighted by molar-refractivity contribution is 0.235. The lowest BCUT2D eigenvalue weighted by Gasteiger charge is -2.28. The average Bonchev–Trinajstić information content (AvgIpc) is 2.99. The zero-order valence-electron chi connectivity index (χ0n) is 12.6. The molecule has 0 atom stereocenters. The van der Waals surface area contributed by atoms with Gasteiger partial charge in [-0.15, -0.1) is 11.3 Å². The predicted octanol–water partition coefficient (Wildman–Crippen LogP) is 2.90. The van der Waals surface area contributed by atoms with Crippen molar-refractivity contribution in [1.29, 1.82) is 0 Å². The minimum Gasteiger partial charge on any atom is -0.306 e. The number of rotatable bonds is 4. The van der Waals surface area contributed by atoms with Crippen molar-refractivity contribution in [3.8, 4) is 10.7 Å². The van der Waals surface area contributed by atoms with Crippen LogP contribution in [0.25, 0.3) is 10.7 Å². The third-order valence-electron chi connectivity index (χ3n) is 3.93. The van der Waals surface area contributed by atoms with Crippen LogP contribution in [0.2, 0.25) is 0 Å². The van der Waals surface area contributed by atoms with E-state index in [2.05, 4.69) is 23.7 Å². The Balaban J connectivity index is 1.85. The Kier molecular flexibility index (Phi) is 4.22. The molecule has 0 spiro atoms. The molecule has 0 aromatic carbocycles. The van der Waals surface area contributed by atoms with Crippen molar-refractivity contribution < 1.29 is 0 Å². The van der Waals surface area contributed by atoms with Gasteiger partial charge < -0.3 is 4.98 Å². The van der Waals surface area contributed by atoms with E-state index in [1.807, 2.05) is 17.5 Å². The Morgan fingerprint density at radius 3 is 3.05 bits per heavy atom. The maximum Gasteiger partial charge on any atom is 0.254 e. The molecule has 0 aliphatic carbocycles. The van der Waals surface area contributed by atoms with Gasteiger partial charge in [0, 0.05) is 18.7 Å². The molecule has 21 heavy (non-hydrogen) atoms. The molecule has 112 valence electrons. The van der Waals surface area contributed by atoms with Crippen molar-refractivity contribution in [3.63, 3.8) is 0 Å². The molecule has 0 fully saturated rings. The number of aromatic nitrogens is 2. The van der Waals surface area contributed by atoms with Gasteiger partial charge >= 0.3 is 0 Å². The molecule has 1 aliphatic heterocycles. The van der Waals surface area contributed by atoms with Crippen LogP contribution in [0.5, 0.6) is 0 Å². The summed E-state index contributed by atoms with van der Waals surface area (Å²) in [4.78, 5) is 23.3. The molecule has 0 amide bonds. The fraction of sp³-hybridized carbons (Fsp3) is 0.500. The number of thiophene rings is 1. The van der Waals surface area contributed by atoms with E-state index in [-0.39, 0.29) is 5.56 Å². The van der Waals surface area contributed by atoms with E-state index >= 15 is 0 Å². The van der Waals surface area contributed by atoms with Gasteiger partial charge in [0.2, 0.25) is 0 Å². The summed E-state index contributed by atoms with van der Waals surface area (Å²) < 4.78 is 0. The first kappa shape index (κ1) is 14.5. The Morgan fingerprint density at radius 1 is 1.48 bits per heavy atom. The van der Waals surface area contributed by atoms with Crippen molar-refractivity contribution >= 4 is 11.3 Å². The first-order chi connectivity index (χ1) is 10.1. The van der Waals surface area contributed by atoms with Gasteiger partial charge in [-0.2, -0.15) is 0 Å². The van der Waals surface area contributed by atoms with Gasteiger partial charge in [0.05, 0.1) is 10.6 Å². The second-order valence-electron chi connectivity index (χ2n) is 6.03. The van der Waals surface area contributed by atoms with Crippen LogP contribution in [0.1, 0.15) is 31.5 Å². The number of fused-ring (bicyclic) bond motifs is 1. The molecule has 0 unspecified atom stereocenters. The van der Waals surface area contributed by atoms with E-state index in [0.717, 1.165) is 42.2 Å². The molecule has 3 rings (SSSR count). The van der Waals surface area contributed by atoms with Crippen molar-refractivity contribution in [1.82, 2.24) is 14.9 Å². The molecule has 5 heteroatoms. The van der Waals surface area contributed by atoms with Gasteiger partial charge in [-0.3, -0.25) is 9.69 Å². The van der Waals surface area contributed by atoms with Crippen LogP contribution in [0.3, 0.4) is 0 Å². The van der Waals surface area contributed by atoms with Crippen LogP contribution >= 0.6 is 11.3 Å². The topological polar surface area (TPSA) is 49.0 Å². The van der Waals surface area contributed by atoms with Gasteiger partial charge in [0.15, 0.2) is 5.82 Å². The number of hydrogen-bond acceptors (Lipinski definition) is 4. The number of nitrogens with one attached hydrogen (secondary N) is 1. The highest BCUT2D eigenvalue weighted by Crippen LogP contribution is 2.22. The van der Waals surface area contributed by atoms with Crippen LogP contribution < -0.4 is 5.56 Å². The summed E-state index contributed by atoms with van der Waals surface area (Å²) in [6.07, 6.45) is 2.00. The van der Waals surface area contributed by atoms with Crippen molar-refractivity contribution in [2.45, 2.75) is 33.2 Å². The molecule has 3 heterocycles. The zero-order valence-corrected chi connectivity index (χ0v) is 13.4. The van der Waals surface area contributed by atoms with Crippen LogP contribution in [-0.2, 0) is 13.0 Å².